The fraction of sp³-hybridized carbons (Fsp3) is 0.571. The maximum absolute atomic E-state index is 10.2. The summed E-state index contributed by atoms with van der Waals surface area (Å²) in [5.74, 6) is 1.35. The lowest BCUT2D eigenvalue weighted by Gasteiger charge is -2.46. The van der Waals surface area contributed by atoms with E-state index in [9.17, 15) is 5.11 Å². The number of benzene rings is 1. The molecule has 5 heteroatoms. The summed E-state index contributed by atoms with van der Waals surface area (Å²) in [5, 5.41) is 10.7. The fourth-order valence-electron chi connectivity index (χ4n) is 2.89. The Morgan fingerprint density at radius 3 is 2.89 bits per heavy atom. The van der Waals surface area contributed by atoms with Gasteiger partial charge in [0.15, 0.2) is 11.5 Å². The second kappa shape index (κ2) is 4.85. The Morgan fingerprint density at radius 1 is 1.37 bits per heavy atom. The average Bonchev–Trinajstić information content (AvgIpc) is 2.76. The minimum absolute atomic E-state index is 0.235. The first-order chi connectivity index (χ1) is 9.09. The number of hydrogen-bond acceptors (Lipinski definition) is 4. The summed E-state index contributed by atoms with van der Waals surface area (Å²) in [7, 11) is 0. The molecule has 2 aliphatic rings. The lowest BCUT2D eigenvalue weighted by Crippen LogP contribution is -2.60. The fourth-order valence-corrected chi connectivity index (χ4v) is 3.18. The molecule has 0 aromatic heterocycles. The van der Waals surface area contributed by atoms with Crippen LogP contribution in [-0.4, -0.2) is 35.5 Å². The molecule has 0 atom stereocenters. The Labute approximate surface area is 117 Å². The van der Waals surface area contributed by atoms with Gasteiger partial charge in [0.25, 0.3) is 0 Å². The van der Waals surface area contributed by atoms with E-state index in [1.807, 2.05) is 12.1 Å². The average molecular weight is 284 g/mol. The zero-order valence-electron chi connectivity index (χ0n) is 11.0. The third kappa shape index (κ3) is 2.53. The van der Waals surface area contributed by atoms with Crippen molar-refractivity contribution in [3.8, 4) is 11.5 Å². The summed E-state index contributed by atoms with van der Waals surface area (Å²) < 4.78 is 10.6. The predicted molar refractivity (Wildman–Crippen MR) is 72.7 cm³/mol. The second-order valence-electron chi connectivity index (χ2n) is 5.43. The molecule has 1 N–H and O–H groups in total. The summed E-state index contributed by atoms with van der Waals surface area (Å²) in [4.78, 5) is 2.21. The number of ether oxygens (including phenoxy) is 2. The SMILES string of the molecule is CCCC1(O)CN(Cc2cc(Cl)c3c(c2)OCO3)C1. The zero-order chi connectivity index (χ0) is 13.5. The first kappa shape index (κ1) is 13.0. The van der Waals surface area contributed by atoms with Crippen LogP contribution >= 0.6 is 11.6 Å². The van der Waals surface area contributed by atoms with Gasteiger partial charge in [-0.15, -0.1) is 0 Å². The van der Waals surface area contributed by atoms with E-state index in [0.29, 0.717) is 16.5 Å². The van der Waals surface area contributed by atoms with E-state index in [-0.39, 0.29) is 6.79 Å². The van der Waals surface area contributed by atoms with Gasteiger partial charge in [0.2, 0.25) is 6.79 Å². The lowest BCUT2D eigenvalue weighted by atomic mass is 9.89. The van der Waals surface area contributed by atoms with Crippen molar-refractivity contribution in [2.24, 2.45) is 0 Å². The molecule has 2 heterocycles. The number of β-amino-alcohol motifs (C(OH)–C–C–N with tert-alkyl or cyclic N) is 1. The topological polar surface area (TPSA) is 41.9 Å². The monoisotopic (exact) mass is 283 g/mol. The van der Waals surface area contributed by atoms with E-state index in [1.54, 1.807) is 0 Å². The number of aliphatic hydroxyl groups is 1. The van der Waals surface area contributed by atoms with E-state index in [0.717, 1.165) is 38.0 Å². The molecule has 19 heavy (non-hydrogen) atoms. The molecular formula is C14H18ClNO3. The first-order valence-corrected chi connectivity index (χ1v) is 7.00. The minimum atomic E-state index is -0.491. The molecule has 2 aliphatic heterocycles. The van der Waals surface area contributed by atoms with Gasteiger partial charge in [0.1, 0.15) is 0 Å². The zero-order valence-corrected chi connectivity index (χ0v) is 11.7. The van der Waals surface area contributed by atoms with Crippen molar-refractivity contribution < 1.29 is 14.6 Å². The summed E-state index contributed by atoms with van der Waals surface area (Å²) in [6, 6.07) is 3.87. The predicted octanol–water partition coefficient (Wildman–Crippen LogP) is 2.42. The van der Waals surface area contributed by atoms with Gasteiger partial charge in [-0.3, -0.25) is 4.90 Å². The largest absolute Gasteiger partial charge is 0.454 e. The van der Waals surface area contributed by atoms with Crippen molar-refractivity contribution in [2.45, 2.75) is 31.9 Å². The van der Waals surface area contributed by atoms with E-state index in [4.69, 9.17) is 21.1 Å². The van der Waals surface area contributed by atoms with Gasteiger partial charge < -0.3 is 14.6 Å². The van der Waals surface area contributed by atoms with Crippen LogP contribution in [0.5, 0.6) is 11.5 Å². The normalized spacial score (nSPS) is 20.4. The van der Waals surface area contributed by atoms with Crippen LogP contribution in [0.3, 0.4) is 0 Å². The third-order valence-electron chi connectivity index (χ3n) is 3.64. The molecule has 0 aliphatic carbocycles. The van der Waals surface area contributed by atoms with Crippen LogP contribution in [0.2, 0.25) is 5.02 Å². The number of halogens is 1. The van der Waals surface area contributed by atoms with Crippen LogP contribution in [0.1, 0.15) is 25.3 Å². The highest BCUT2D eigenvalue weighted by molar-refractivity contribution is 6.32. The number of likely N-dealkylation sites (tertiary alicyclic amines) is 1. The molecule has 0 bridgehead atoms. The summed E-state index contributed by atoms with van der Waals surface area (Å²) in [6.07, 6.45) is 1.88. The summed E-state index contributed by atoms with van der Waals surface area (Å²) >= 11 is 6.15. The molecule has 4 nitrogen and oxygen atoms in total. The van der Waals surface area contributed by atoms with Gasteiger partial charge in [0, 0.05) is 19.6 Å². The van der Waals surface area contributed by atoms with Crippen molar-refractivity contribution in [3.63, 3.8) is 0 Å². The molecular weight excluding hydrogens is 266 g/mol. The smallest absolute Gasteiger partial charge is 0.231 e. The highest BCUT2D eigenvalue weighted by Gasteiger charge is 2.39. The summed E-state index contributed by atoms with van der Waals surface area (Å²) in [6.45, 7) is 4.57. The standard InChI is InChI=1S/C14H18ClNO3/c1-2-3-14(17)7-16(8-14)6-10-4-11(15)13-12(5-10)18-9-19-13/h4-5,17H,2-3,6-9H2,1H3. The quantitative estimate of drug-likeness (QED) is 0.921. The van der Waals surface area contributed by atoms with Gasteiger partial charge in [-0.05, 0) is 24.1 Å². The lowest BCUT2D eigenvalue weighted by molar-refractivity contribution is -0.106. The Morgan fingerprint density at radius 2 is 2.16 bits per heavy atom. The molecule has 104 valence electrons. The Hall–Kier alpha value is -0.970. The van der Waals surface area contributed by atoms with Crippen LogP contribution in [0.25, 0.3) is 0 Å². The molecule has 1 fully saturated rings. The molecule has 1 aromatic carbocycles. The summed E-state index contributed by atoms with van der Waals surface area (Å²) in [5.41, 5.74) is 0.599. The Balaban J connectivity index is 1.65. The third-order valence-corrected chi connectivity index (χ3v) is 3.93. The Bertz CT molecular complexity index is 486. The van der Waals surface area contributed by atoms with Gasteiger partial charge in [-0.25, -0.2) is 0 Å². The van der Waals surface area contributed by atoms with Crippen LogP contribution in [0.4, 0.5) is 0 Å². The first-order valence-electron chi connectivity index (χ1n) is 6.62. The minimum Gasteiger partial charge on any atom is -0.454 e. The molecule has 1 saturated heterocycles. The van der Waals surface area contributed by atoms with E-state index >= 15 is 0 Å². The van der Waals surface area contributed by atoms with Gasteiger partial charge in [0.05, 0.1) is 10.6 Å². The number of nitrogens with zero attached hydrogens (tertiary/aromatic N) is 1. The van der Waals surface area contributed by atoms with Crippen molar-refractivity contribution >= 4 is 11.6 Å². The molecule has 0 amide bonds. The molecule has 0 radical (unpaired) electrons. The number of fused-ring (bicyclic) bond motifs is 1. The second-order valence-corrected chi connectivity index (χ2v) is 5.84. The van der Waals surface area contributed by atoms with E-state index in [2.05, 4.69) is 11.8 Å². The number of rotatable bonds is 4. The van der Waals surface area contributed by atoms with Crippen LogP contribution in [-0.2, 0) is 6.54 Å². The van der Waals surface area contributed by atoms with Crippen molar-refractivity contribution in [1.82, 2.24) is 4.90 Å². The van der Waals surface area contributed by atoms with Crippen molar-refractivity contribution in [3.05, 3.63) is 22.7 Å². The van der Waals surface area contributed by atoms with Crippen LogP contribution in [0.15, 0.2) is 12.1 Å². The maximum Gasteiger partial charge on any atom is 0.231 e. The van der Waals surface area contributed by atoms with Crippen LogP contribution < -0.4 is 9.47 Å². The Kier molecular flexibility index (Phi) is 3.33. The number of hydrogen-bond donors (Lipinski definition) is 1. The molecule has 1 aromatic rings. The van der Waals surface area contributed by atoms with E-state index < -0.39 is 5.60 Å². The van der Waals surface area contributed by atoms with Crippen LogP contribution in [0, 0.1) is 0 Å². The van der Waals surface area contributed by atoms with Gasteiger partial charge >= 0.3 is 0 Å². The van der Waals surface area contributed by atoms with Gasteiger partial charge in [-0.2, -0.15) is 0 Å². The molecule has 0 unspecified atom stereocenters. The molecule has 3 rings (SSSR count). The maximum atomic E-state index is 10.2. The highest BCUT2D eigenvalue weighted by atomic mass is 35.5. The highest BCUT2D eigenvalue weighted by Crippen LogP contribution is 2.40. The van der Waals surface area contributed by atoms with Crippen molar-refractivity contribution in [2.75, 3.05) is 19.9 Å². The molecule has 0 spiro atoms. The van der Waals surface area contributed by atoms with Crippen molar-refractivity contribution in [1.29, 1.82) is 0 Å². The molecule has 0 saturated carbocycles. The van der Waals surface area contributed by atoms with E-state index in [1.165, 1.54) is 0 Å². The van der Waals surface area contributed by atoms with Gasteiger partial charge in [-0.1, -0.05) is 24.9 Å².